The molecule has 0 bridgehead atoms. The molecular weight excluding hydrogens is 322 g/mol. The Labute approximate surface area is 146 Å². The van der Waals surface area contributed by atoms with Gasteiger partial charge in [-0.3, -0.25) is 4.79 Å². The number of aliphatic imine (C=N–C) groups is 1. The number of unbranched alkanes of at least 4 members (excludes halogenated alkanes) is 3. The predicted octanol–water partition coefficient (Wildman–Crippen LogP) is 2.44. The van der Waals surface area contributed by atoms with Gasteiger partial charge in [-0.15, -0.1) is 0 Å². The first-order valence-electron chi connectivity index (χ1n) is 8.41. The van der Waals surface area contributed by atoms with Gasteiger partial charge in [0, 0.05) is 0 Å². The van der Waals surface area contributed by atoms with E-state index in [2.05, 4.69) is 17.2 Å². The van der Waals surface area contributed by atoms with Crippen LogP contribution in [0.1, 0.15) is 43.0 Å². The highest BCUT2D eigenvalue weighted by Gasteiger charge is 2.32. The molecule has 1 aliphatic heterocycles. The first-order chi connectivity index (χ1) is 12.0. The zero-order valence-corrected chi connectivity index (χ0v) is 14.3. The molecule has 1 aromatic carbocycles. The Morgan fingerprint density at radius 2 is 1.96 bits per heavy atom. The maximum Gasteiger partial charge on any atom is 0.360 e. The molecule has 1 amide bonds. The third-order valence-corrected chi connectivity index (χ3v) is 4.05. The maximum atomic E-state index is 12.2. The lowest BCUT2D eigenvalue weighted by molar-refractivity contribution is -0.771. The molecule has 3 N–H and O–H groups in total. The van der Waals surface area contributed by atoms with E-state index in [1.807, 2.05) is 0 Å². The van der Waals surface area contributed by atoms with Crippen molar-refractivity contribution in [2.45, 2.75) is 32.6 Å². The number of hydrogen-bond donors (Lipinski definition) is 3. The van der Waals surface area contributed by atoms with Crippen LogP contribution in [-0.2, 0) is 4.79 Å². The van der Waals surface area contributed by atoms with Gasteiger partial charge < -0.3 is 15.5 Å². The van der Waals surface area contributed by atoms with Gasteiger partial charge in [0.1, 0.15) is 11.9 Å². The quantitative estimate of drug-likeness (QED) is 0.472. The molecule has 2 rings (SSSR count). The van der Waals surface area contributed by atoms with Gasteiger partial charge in [0.25, 0.3) is 5.91 Å². The summed E-state index contributed by atoms with van der Waals surface area (Å²) in [6.45, 7) is 2.61. The number of quaternary nitrogens is 1. The largest absolute Gasteiger partial charge is 0.507 e. The van der Waals surface area contributed by atoms with E-state index < -0.39 is 11.9 Å². The molecule has 1 aliphatic rings. The minimum atomic E-state index is -0.925. The number of rotatable bonds is 9. The highest BCUT2D eigenvalue weighted by atomic mass is 16.4. The topological polar surface area (TPSA) is 99.0 Å². The standard InChI is InChI=1S/C18H23N3O4/c1-2-3-4-7-10-21(12-17(23)24)11-16(19-13-21)20-18(25)14-8-5-6-9-15(14)22/h5-6,8-9,11,13H,2-4,7,10,12H2,1H3,(H2-,20,22,23,24,25)/p+1. The summed E-state index contributed by atoms with van der Waals surface area (Å²) in [5, 5.41) is 21.6. The van der Waals surface area contributed by atoms with Crippen LogP contribution in [0.25, 0.3) is 0 Å². The van der Waals surface area contributed by atoms with Crippen LogP contribution in [0, 0.1) is 0 Å². The van der Waals surface area contributed by atoms with Crippen molar-refractivity contribution in [2.75, 3.05) is 13.1 Å². The van der Waals surface area contributed by atoms with E-state index in [9.17, 15) is 19.8 Å². The number of amides is 1. The number of aliphatic carboxylic acids is 1. The number of phenolic OH excluding ortho intramolecular Hbond substituents is 1. The smallest absolute Gasteiger partial charge is 0.360 e. The summed E-state index contributed by atoms with van der Waals surface area (Å²) >= 11 is 0. The van der Waals surface area contributed by atoms with Crippen molar-refractivity contribution in [1.29, 1.82) is 0 Å². The molecule has 0 aliphatic carbocycles. The van der Waals surface area contributed by atoms with Crippen molar-refractivity contribution >= 4 is 18.2 Å². The molecule has 0 spiro atoms. The van der Waals surface area contributed by atoms with Gasteiger partial charge in [-0.05, 0) is 25.0 Å². The molecule has 7 nitrogen and oxygen atoms in total. The van der Waals surface area contributed by atoms with Crippen LogP contribution >= 0.6 is 0 Å². The maximum absolute atomic E-state index is 12.2. The molecule has 0 fully saturated rings. The van der Waals surface area contributed by atoms with Gasteiger partial charge >= 0.3 is 5.97 Å². The van der Waals surface area contributed by atoms with Gasteiger partial charge in [-0.1, -0.05) is 31.9 Å². The molecule has 0 saturated heterocycles. The Morgan fingerprint density at radius 3 is 2.64 bits per heavy atom. The molecule has 25 heavy (non-hydrogen) atoms. The molecule has 1 heterocycles. The van der Waals surface area contributed by atoms with Crippen LogP contribution in [0.15, 0.2) is 41.3 Å². The predicted molar refractivity (Wildman–Crippen MR) is 93.9 cm³/mol. The number of hydrogen-bond acceptors (Lipinski definition) is 4. The number of nitrogens with zero attached hydrogens (tertiary/aromatic N) is 2. The molecule has 0 aromatic heterocycles. The van der Waals surface area contributed by atoms with Crippen LogP contribution in [0.2, 0.25) is 0 Å². The Bertz CT molecular complexity index is 699. The van der Waals surface area contributed by atoms with Gasteiger partial charge in [0.05, 0.1) is 12.1 Å². The zero-order valence-electron chi connectivity index (χ0n) is 14.3. The molecule has 0 saturated carbocycles. The SMILES string of the molecule is CCCCCC[N+]1(CC(=O)O)C=NC(NC(=O)c2ccccc2O)=C1. The lowest BCUT2D eigenvalue weighted by atomic mass is 10.2. The third-order valence-electron chi connectivity index (χ3n) is 4.05. The van der Waals surface area contributed by atoms with Crippen molar-refractivity contribution < 1.29 is 24.3 Å². The Morgan fingerprint density at radius 1 is 1.20 bits per heavy atom. The monoisotopic (exact) mass is 346 g/mol. The summed E-state index contributed by atoms with van der Waals surface area (Å²) in [5.41, 5.74) is 0.143. The summed E-state index contributed by atoms with van der Waals surface area (Å²) in [6.07, 6.45) is 7.32. The average molecular weight is 346 g/mol. The third kappa shape index (κ3) is 5.15. The summed E-state index contributed by atoms with van der Waals surface area (Å²) in [6, 6.07) is 6.22. The number of phenols is 1. The summed E-state index contributed by atoms with van der Waals surface area (Å²) in [7, 11) is 0. The first-order valence-corrected chi connectivity index (χ1v) is 8.41. The lowest BCUT2D eigenvalue weighted by Gasteiger charge is -2.25. The second-order valence-electron chi connectivity index (χ2n) is 6.17. The van der Waals surface area contributed by atoms with E-state index in [1.165, 1.54) is 12.1 Å². The van der Waals surface area contributed by atoms with Gasteiger partial charge in [-0.2, -0.15) is 4.99 Å². The second kappa shape index (κ2) is 8.43. The van der Waals surface area contributed by atoms with Crippen LogP contribution in [0.3, 0.4) is 0 Å². The number of carbonyl (C=O) groups is 2. The number of benzene rings is 1. The second-order valence-corrected chi connectivity index (χ2v) is 6.17. The van der Waals surface area contributed by atoms with Crippen LogP contribution in [-0.4, -0.2) is 46.0 Å². The minimum absolute atomic E-state index is 0.0788. The molecule has 134 valence electrons. The molecule has 1 unspecified atom stereocenters. The highest BCUT2D eigenvalue weighted by Crippen LogP contribution is 2.20. The minimum Gasteiger partial charge on any atom is -0.507 e. The van der Waals surface area contributed by atoms with Crippen molar-refractivity contribution in [3.63, 3.8) is 0 Å². The van der Waals surface area contributed by atoms with Crippen molar-refractivity contribution in [2.24, 2.45) is 4.99 Å². The van der Waals surface area contributed by atoms with E-state index in [-0.39, 0.29) is 22.3 Å². The first kappa shape index (κ1) is 18.7. The Kier molecular flexibility index (Phi) is 6.30. The zero-order chi connectivity index (χ0) is 18.3. The fraction of sp³-hybridized carbons (Fsp3) is 0.389. The number of para-hydroxylation sites is 1. The fourth-order valence-electron chi connectivity index (χ4n) is 2.77. The van der Waals surface area contributed by atoms with Crippen LogP contribution < -0.4 is 5.32 Å². The van der Waals surface area contributed by atoms with Gasteiger partial charge in [0.15, 0.2) is 18.7 Å². The van der Waals surface area contributed by atoms with E-state index in [0.717, 1.165) is 25.7 Å². The van der Waals surface area contributed by atoms with Crippen LogP contribution in [0.4, 0.5) is 0 Å². The molecule has 1 atom stereocenters. The van der Waals surface area contributed by atoms with Gasteiger partial charge in [0.2, 0.25) is 0 Å². The van der Waals surface area contributed by atoms with Gasteiger partial charge in [-0.25, -0.2) is 9.28 Å². The van der Waals surface area contributed by atoms with Crippen molar-refractivity contribution in [1.82, 2.24) is 5.32 Å². The number of carboxylic acid groups (broad SMARTS) is 1. The van der Waals surface area contributed by atoms with Crippen molar-refractivity contribution in [3.05, 3.63) is 41.8 Å². The summed E-state index contributed by atoms with van der Waals surface area (Å²) in [5.74, 6) is -1.23. The highest BCUT2D eigenvalue weighted by molar-refractivity contribution is 5.97. The lowest BCUT2D eigenvalue weighted by Crippen LogP contribution is -2.45. The number of nitrogens with one attached hydrogen (secondary N) is 1. The number of carbonyl (C=O) groups excluding carboxylic acids is 1. The van der Waals surface area contributed by atoms with E-state index in [0.29, 0.717) is 12.4 Å². The summed E-state index contributed by atoms with van der Waals surface area (Å²) in [4.78, 5) is 27.6. The molecule has 1 aromatic rings. The molecular formula is C18H24N3O4+. The van der Waals surface area contributed by atoms with Crippen LogP contribution in [0.5, 0.6) is 5.75 Å². The van der Waals surface area contributed by atoms with E-state index in [1.54, 1.807) is 24.7 Å². The Hall–Kier alpha value is -2.67. The molecule has 7 heteroatoms. The Balaban J connectivity index is 2.08. The number of aromatic hydroxyl groups is 1. The summed E-state index contributed by atoms with van der Waals surface area (Å²) < 4.78 is 0.0788. The number of carboxylic acids is 1. The molecule has 0 radical (unpaired) electrons. The van der Waals surface area contributed by atoms with E-state index in [4.69, 9.17) is 0 Å². The fourth-order valence-corrected chi connectivity index (χ4v) is 2.77. The van der Waals surface area contributed by atoms with E-state index >= 15 is 0 Å². The van der Waals surface area contributed by atoms with Crippen molar-refractivity contribution in [3.8, 4) is 5.75 Å². The normalized spacial score (nSPS) is 18.8. The average Bonchev–Trinajstić information content (AvgIpc) is 2.94.